The van der Waals surface area contributed by atoms with Gasteiger partial charge in [-0.2, -0.15) is 0 Å². The van der Waals surface area contributed by atoms with Crippen molar-refractivity contribution in [2.45, 2.75) is 19.4 Å². The van der Waals surface area contributed by atoms with E-state index < -0.39 is 24.6 Å². The quantitative estimate of drug-likeness (QED) is 0.369. The third-order valence-corrected chi connectivity index (χ3v) is 5.27. The summed E-state index contributed by atoms with van der Waals surface area (Å²) in [5.74, 6) is 0.776. The van der Waals surface area contributed by atoms with Gasteiger partial charge in [0.1, 0.15) is 5.75 Å². The summed E-state index contributed by atoms with van der Waals surface area (Å²) in [5.41, 5.74) is 1.76. The van der Waals surface area contributed by atoms with Crippen LogP contribution >= 0.6 is 0 Å². The molecular formula is C26H32O7. The van der Waals surface area contributed by atoms with Gasteiger partial charge in [0.05, 0.1) is 46.2 Å². The molecule has 33 heavy (non-hydrogen) atoms. The van der Waals surface area contributed by atoms with Crippen molar-refractivity contribution >= 4 is 12.0 Å². The highest BCUT2D eigenvalue weighted by Crippen LogP contribution is 2.33. The van der Waals surface area contributed by atoms with Gasteiger partial charge in [0.2, 0.25) is 0 Å². The van der Waals surface area contributed by atoms with Crippen LogP contribution in [0.15, 0.2) is 60.2 Å². The highest BCUT2D eigenvalue weighted by Gasteiger charge is 2.24. The number of hydrogen-bond donors (Lipinski definition) is 2. The van der Waals surface area contributed by atoms with Gasteiger partial charge in [0.25, 0.3) is 0 Å². The molecule has 0 aliphatic rings. The summed E-state index contributed by atoms with van der Waals surface area (Å²) in [6.07, 6.45) is 4.87. The molecule has 0 aliphatic carbocycles. The fourth-order valence-electron chi connectivity index (χ4n) is 3.24. The first-order valence-corrected chi connectivity index (χ1v) is 10.6. The number of hydrogen-bond acceptors (Lipinski definition) is 7. The summed E-state index contributed by atoms with van der Waals surface area (Å²) < 4.78 is 21.2. The summed E-state index contributed by atoms with van der Waals surface area (Å²) in [6, 6.07) is 12.8. The number of aliphatic hydroxyl groups excluding tert-OH is 2. The maximum absolute atomic E-state index is 12.2. The highest BCUT2D eigenvalue weighted by atomic mass is 16.5. The Morgan fingerprint density at radius 2 is 1.70 bits per heavy atom. The molecule has 2 rings (SSSR count). The third kappa shape index (κ3) is 7.37. The van der Waals surface area contributed by atoms with Gasteiger partial charge in [-0.3, -0.25) is 0 Å². The predicted molar refractivity (Wildman–Crippen MR) is 126 cm³/mol. The van der Waals surface area contributed by atoms with Gasteiger partial charge in [0, 0.05) is 5.92 Å². The Morgan fingerprint density at radius 3 is 2.27 bits per heavy atom. The first kappa shape index (κ1) is 26.0. The van der Waals surface area contributed by atoms with E-state index in [1.165, 1.54) is 13.2 Å². The summed E-state index contributed by atoms with van der Waals surface area (Å²) in [7, 11) is 4.68. The number of rotatable bonds is 12. The van der Waals surface area contributed by atoms with E-state index in [9.17, 15) is 15.0 Å². The number of ether oxygens (including phenoxy) is 4. The SMILES string of the molecule is CC=C(CO)C(=O)OCC(CC=Cc1ccc(OC)cc1)C(O)c1ccc(OC)c(OC)c1. The maximum Gasteiger partial charge on any atom is 0.336 e. The number of carbonyl (C=O) groups is 1. The monoisotopic (exact) mass is 456 g/mol. The molecule has 0 bridgehead atoms. The van der Waals surface area contributed by atoms with Gasteiger partial charge < -0.3 is 29.2 Å². The van der Waals surface area contributed by atoms with Crippen LogP contribution in [-0.2, 0) is 9.53 Å². The average Bonchev–Trinajstić information content (AvgIpc) is 2.86. The lowest BCUT2D eigenvalue weighted by Crippen LogP contribution is -2.22. The minimum absolute atomic E-state index is 0.0291. The van der Waals surface area contributed by atoms with E-state index in [1.54, 1.807) is 39.3 Å². The van der Waals surface area contributed by atoms with Crippen LogP contribution in [0.25, 0.3) is 6.08 Å². The van der Waals surface area contributed by atoms with Crippen molar-refractivity contribution in [1.29, 1.82) is 0 Å². The second kappa shape index (κ2) is 13.3. The highest BCUT2D eigenvalue weighted by molar-refractivity contribution is 5.88. The van der Waals surface area contributed by atoms with Crippen molar-refractivity contribution < 1.29 is 34.0 Å². The third-order valence-electron chi connectivity index (χ3n) is 5.27. The molecule has 0 aliphatic heterocycles. The predicted octanol–water partition coefficient (Wildman–Crippen LogP) is 3.95. The van der Waals surface area contributed by atoms with Crippen molar-refractivity contribution in [1.82, 2.24) is 0 Å². The molecule has 7 heteroatoms. The molecule has 2 N–H and O–H groups in total. The van der Waals surface area contributed by atoms with Crippen LogP contribution in [0.3, 0.4) is 0 Å². The molecule has 2 atom stereocenters. The first-order valence-electron chi connectivity index (χ1n) is 10.6. The molecule has 0 saturated heterocycles. The molecule has 2 unspecified atom stereocenters. The van der Waals surface area contributed by atoms with E-state index in [1.807, 2.05) is 36.4 Å². The van der Waals surface area contributed by atoms with Crippen molar-refractivity contribution in [3.63, 3.8) is 0 Å². The second-order valence-corrected chi connectivity index (χ2v) is 7.30. The molecule has 2 aromatic rings. The lowest BCUT2D eigenvalue weighted by atomic mass is 9.92. The maximum atomic E-state index is 12.2. The van der Waals surface area contributed by atoms with Crippen molar-refractivity contribution in [2.24, 2.45) is 5.92 Å². The van der Waals surface area contributed by atoms with Gasteiger partial charge in [-0.25, -0.2) is 4.79 Å². The lowest BCUT2D eigenvalue weighted by Gasteiger charge is -2.23. The van der Waals surface area contributed by atoms with Crippen LogP contribution in [0.2, 0.25) is 0 Å². The molecular weight excluding hydrogens is 424 g/mol. The van der Waals surface area contributed by atoms with Crippen LogP contribution in [-0.4, -0.2) is 50.7 Å². The van der Waals surface area contributed by atoms with Crippen LogP contribution in [0.4, 0.5) is 0 Å². The van der Waals surface area contributed by atoms with Gasteiger partial charge in [0.15, 0.2) is 11.5 Å². The molecule has 7 nitrogen and oxygen atoms in total. The largest absolute Gasteiger partial charge is 0.497 e. The molecule has 178 valence electrons. The molecule has 0 aromatic heterocycles. The normalized spacial score (nSPS) is 13.5. The smallest absolute Gasteiger partial charge is 0.336 e. The number of esters is 1. The number of carbonyl (C=O) groups excluding carboxylic acids is 1. The van der Waals surface area contributed by atoms with Crippen LogP contribution < -0.4 is 14.2 Å². The van der Waals surface area contributed by atoms with Gasteiger partial charge in [-0.15, -0.1) is 0 Å². The topological polar surface area (TPSA) is 94.5 Å². The van der Waals surface area contributed by atoms with Crippen molar-refractivity contribution in [3.8, 4) is 17.2 Å². The number of methoxy groups -OCH3 is 3. The van der Waals surface area contributed by atoms with Crippen LogP contribution in [0.1, 0.15) is 30.6 Å². The standard InChI is InChI=1S/C26H32O7/c1-5-19(16-27)26(29)33-17-21(8-6-7-18-9-12-22(30-2)13-10-18)25(28)20-11-14-23(31-3)24(15-20)32-4/h5-7,9-15,21,25,27-28H,8,16-17H2,1-4H3. The molecule has 0 amide bonds. The Morgan fingerprint density at radius 1 is 1.00 bits per heavy atom. The van der Waals surface area contributed by atoms with E-state index >= 15 is 0 Å². The minimum Gasteiger partial charge on any atom is -0.497 e. The summed E-state index contributed by atoms with van der Waals surface area (Å²) in [4.78, 5) is 12.2. The van der Waals surface area contributed by atoms with E-state index in [-0.39, 0.29) is 12.2 Å². The number of allylic oxidation sites excluding steroid dienone is 2. The zero-order chi connectivity index (χ0) is 24.2. The van der Waals surface area contributed by atoms with E-state index in [2.05, 4.69) is 0 Å². The first-order chi connectivity index (χ1) is 16.0. The zero-order valence-corrected chi connectivity index (χ0v) is 19.5. The second-order valence-electron chi connectivity index (χ2n) is 7.30. The molecule has 2 aromatic carbocycles. The van der Waals surface area contributed by atoms with Gasteiger partial charge in [-0.05, 0) is 48.7 Å². The fourth-order valence-corrected chi connectivity index (χ4v) is 3.24. The van der Waals surface area contributed by atoms with Gasteiger partial charge in [-0.1, -0.05) is 36.4 Å². The Bertz CT molecular complexity index is 948. The molecule has 0 spiro atoms. The minimum atomic E-state index is -0.929. The van der Waals surface area contributed by atoms with E-state index in [0.29, 0.717) is 23.5 Å². The molecule has 0 heterocycles. The Hall–Kier alpha value is -3.29. The van der Waals surface area contributed by atoms with Gasteiger partial charge >= 0.3 is 5.97 Å². The lowest BCUT2D eigenvalue weighted by molar-refractivity contribution is -0.142. The molecule has 0 fully saturated rings. The number of benzene rings is 2. The van der Waals surface area contributed by atoms with Crippen molar-refractivity contribution in [3.05, 3.63) is 71.3 Å². The van der Waals surface area contributed by atoms with E-state index in [4.69, 9.17) is 18.9 Å². The Labute approximate surface area is 194 Å². The molecule has 0 saturated carbocycles. The van der Waals surface area contributed by atoms with E-state index in [0.717, 1.165) is 11.3 Å². The average molecular weight is 457 g/mol. The van der Waals surface area contributed by atoms with Crippen LogP contribution in [0, 0.1) is 5.92 Å². The Kier molecular flexibility index (Phi) is 10.5. The fraction of sp³-hybridized carbons (Fsp3) is 0.346. The summed E-state index contributed by atoms with van der Waals surface area (Å²) >= 11 is 0. The summed E-state index contributed by atoms with van der Waals surface area (Å²) in [6.45, 7) is 1.22. The Balaban J connectivity index is 2.21. The van der Waals surface area contributed by atoms with Crippen LogP contribution in [0.5, 0.6) is 17.2 Å². The van der Waals surface area contributed by atoms with Crippen molar-refractivity contribution in [2.75, 3.05) is 34.5 Å². The molecule has 0 radical (unpaired) electrons. The zero-order valence-electron chi connectivity index (χ0n) is 19.5. The number of aliphatic hydroxyl groups is 2. The summed E-state index contributed by atoms with van der Waals surface area (Å²) in [5, 5.41) is 20.4.